The predicted molar refractivity (Wildman–Crippen MR) is 116 cm³/mol. The summed E-state index contributed by atoms with van der Waals surface area (Å²) in [4.78, 5) is 18.7. The van der Waals surface area contributed by atoms with Gasteiger partial charge in [0.15, 0.2) is 5.75 Å². The molecule has 0 saturated carbocycles. The normalized spacial score (nSPS) is 10.6. The summed E-state index contributed by atoms with van der Waals surface area (Å²) in [7, 11) is 4.03. The van der Waals surface area contributed by atoms with E-state index in [2.05, 4.69) is 20.5 Å². The van der Waals surface area contributed by atoms with Crippen LogP contribution in [0.3, 0.4) is 0 Å². The number of hydrogen-bond acceptors (Lipinski definition) is 5. The van der Waals surface area contributed by atoms with Gasteiger partial charge in [-0.1, -0.05) is 30.3 Å². The summed E-state index contributed by atoms with van der Waals surface area (Å²) >= 11 is 0. The fraction of sp³-hybridized carbons (Fsp3) is 0.217. The Kier molecular flexibility index (Phi) is 7.19. The fourth-order valence-corrected chi connectivity index (χ4v) is 2.76. The number of benzene rings is 2. The van der Waals surface area contributed by atoms with E-state index in [0.29, 0.717) is 17.9 Å². The number of carbonyl (C=O) groups is 1. The summed E-state index contributed by atoms with van der Waals surface area (Å²) < 4.78 is 5.98. The number of anilines is 2. The summed E-state index contributed by atoms with van der Waals surface area (Å²) in [5.74, 6) is 1.32. The van der Waals surface area contributed by atoms with E-state index in [1.165, 1.54) is 0 Å². The van der Waals surface area contributed by atoms with Gasteiger partial charge in [0, 0.05) is 12.7 Å². The van der Waals surface area contributed by atoms with E-state index in [1.807, 2.05) is 68.7 Å². The van der Waals surface area contributed by atoms with Crippen LogP contribution in [0.5, 0.6) is 11.5 Å². The average Bonchev–Trinajstić information content (AvgIpc) is 2.73. The second-order valence-electron chi connectivity index (χ2n) is 6.91. The highest BCUT2D eigenvalue weighted by molar-refractivity contribution is 5.94. The fourth-order valence-electron chi connectivity index (χ4n) is 2.76. The molecule has 1 heterocycles. The SMILES string of the molecule is CN(C)CCCNC(=O)c1cncc(Nc2ccccc2Oc2ccccc2)c1. The number of ether oxygens (including phenoxy) is 1. The van der Waals surface area contributed by atoms with Crippen molar-refractivity contribution in [1.29, 1.82) is 0 Å². The molecule has 2 N–H and O–H groups in total. The molecule has 6 nitrogen and oxygen atoms in total. The van der Waals surface area contributed by atoms with Crippen molar-refractivity contribution in [3.63, 3.8) is 0 Å². The predicted octanol–water partition coefficient (Wildman–Crippen LogP) is 4.30. The van der Waals surface area contributed by atoms with Crippen molar-refractivity contribution < 1.29 is 9.53 Å². The molecule has 0 aliphatic carbocycles. The third-order valence-electron chi connectivity index (χ3n) is 4.21. The number of pyridine rings is 1. The van der Waals surface area contributed by atoms with Crippen LogP contribution in [0, 0.1) is 0 Å². The quantitative estimate of drug-likeness (QED) is 0.533. The minimum Gasteiger partial charge on any atom is -0.455 e. The van der Waals surface area contributed by atoms with Crippen molar-refractivity contribution in [3.05, 3.63) is 78.6 Å². The summed E-state index contributed by atoms with van der Waals surface area (Å²) in [6.07, 6.45) is 4.15. The molecule has 0 fully saturated rings. The molecule has 0 saturated heterocycles. The summed E-state index contributed by atoms with van der Waals surface area (Å²) in [6, 6.07) is 19.0. The highest BCUT2D eigenvalue weighted by atomic mass is 16.5. The van der Waals surface area contributed by atoms with Crippen LogP contribution in [0.4, 0.5) is 11.4 Å². The number of aromatic nitrogens is 1. The van der Waals surface area contributed by atoms with Gasteiger partial charge in [0.25, 0.3) is 5.91 Å². The van der Waals surface area contributed by atoms with Crippen molar-refractivity contribution in [3.8, 4) is 11.5 Å². The van der Waals surface area contributed by atoms with Gasteiger partial charge in [0.05, 0.1) is 23.1 Å². The number of rotatable bonds is 9. The molecule has 6 heteroatoms. The molecule has 3 aromatic rings. The summed E-state index contributed by atoms with van der Waals surface area (Å²) in [5, 5.41) is 6.23. The third-order valence-corrected chi connectivity index (χ3v) is 4.21. The molecule has 1 amide bonds. The largest absolute Gasteiger partial charge is 0.455 e. The van der Waals surface area contributed by atoms with Crippen LogP contribution < -0.4 is 15.4 Å². The van der Waals surface area contributed by atoms with Crippen LogP contribution in [0.15, 0.2) is 73.1 Å². The van der Waals surface area contributed by atoms with Gasteiger partial charge < -0.3 is 20.3 Å². The van der Waals surface area contributed by atoms with Crippen LogP contribution >= 0.6 is 0 Å². The maximum atomic E-state index is 12.4. The lowest BCUT2D eigenvalue weighted by molar-refractivity contribution is 0.0952. The van der Waals surface area contributed by atoms with E-state index in [4.69, 9.17) is 4.74 Å². The van der Waals surface area contributed by atoms with Gasteiger partial charge in [-0.3, -0.25) is 9.78 Å². The van der Waals surface area contributed by atoms with Gasteiger partial charge >= 0.3 is 0 Å². The van der Waals surface area contributed by atoms with Crippen LogP contribution in [0.2, 0.25) is 0 Å². The van der Waals surface area contributed by atoms with Crippen molar-refractivity contribution in [2.24, 2.45) is 0 Å². The van der Waals surface area contributed by atoms with Gasteiger partial charge in [0.1, 0.15) is 5.75 Å². The molecule has 1 aromatic heterocycles. The molecule has 0 bridgehead atoms. The van der Waals surface area contributed by atoms with Crippen LogP contribution in [-0.4, -0.2) is 43.0 Å². The molecule has 0 radical (unpaired) electrons. The molecule has 0 unspecified atom stereocenters. The highest BCUT2D eigenvalue weighted by Gasteiger charge is 2.09. The Morgan fingerprint density at radius 3 is 2.59 bits per heavy atom. The Morgan fingerprint density at radius 1 is 1.03 bits per heavy atom. The van der Waals surface area contributed by atoms with Gasteiger partial charge in [-0.25, -0.2) is 0 Å². The van der Waals surface area contributed by atoms with E-state index < -0.39 is 0 Å². The number of nitrogens with zero attached hydrogens (tertiary/aromatic N) is 2. The first-order valence-corrected chi connectivity index (χ1v) is 9.59. The lowest BCUT2D eigenvalue weighted by Crippen LogP contribution is -2.27. The van der Waals surface area contributed by atoms with Gasteiger partial charge in [0.2, 0.25) is 0 Å². The molecule has 29 heavy (non-hydrogen) atoms. The second kappa shape index (κ2) is 10.2. The standard InChI is InChI=1S/C23H26N4O2/c1-27(2)14-8-13-25-23(28)18-15-19(17-24-16-18)26-21-11-6-7-12-22(21)29-20-9-4-3-5-10-20/h3-7,9-12,15-17,26H,8,13-14H2,1-2H3,(H,25,28). The molecular formula is C23H26N4O2. The van der Waals surface area contributed by atoms with E-state index in [-0.39, 0.29) is 5.91 Å². The van der Waals surface area contributed by atoms with Crippen LogP contribution in [0.1, 0.15) is 16.8 Å². The average molecular weight is 390 g/mol. The minimum atomic E-state index is -0.131. The monoisotopic (exact) mass is 390 g/mol. The number of amides is 1. The second-order valence-corrected chi connectivity index (χ2v) is 6.91. The van der Waals surface area contributed by atoms with E-state index in [9.17, 15) is 4.79 Å². The maximum absolute atomic E-state index is 12.4. The lowest BCUT2D eigenvalue weighted by Gasteiger charge is -2.13. The Morgan fingerprint density at radius 2 is 1.79 bits per heavy atom. The first kappa shape index (κ1) is 20.4. The van der Waals surface area contributed by atoms with Gasteiger partial charge in [-0.05, 0) is 57.4 Å². The number of nitrogens with one attached hydrogen (secondary N) is 2. The zero-order chi connectivity index (χ0) is 20.5. The Balaban J connectivity index is 1.67. The lowest BCUT2D eigenvalue weighted by atomic mass is 10.2. The number of hydrogen-bond donors (Lipinski definition) is 2. The Labute approximate surface area is 171 Å². The van der Waals surface area contributed by atoms with Crippen LogP contribution in [-0.2, 0) is 0 Å². The summed E-state index contributed by atoms with van der Waals surface area (Å²) in [6.45, 7) is 1.56. The maximum Gasteiger partial charge on any atom is 0.252 e. The molecule has 150 valence electrons. The van der Waals surface area contributed by atoms with Gasteiger partial charge in [-0.15, -0.1) is 0 Å². The molecule has 2 aromatic carbocycles. The first-order chi connectivity index (χ1) is 14.1. The van der Waals surface area contributed by atoms with Crippen molar-refractivity contribution >= 4 is 17.3 Å². The molecule has 0 aliphatic heterocycles. The molecule has 0 spiro atoms. The van der Waals surface area contributed by atoms with Crippen molar-refractivity contribution in [2.45, 2.75) is 6.42 Å². The Bertz CT molecular complexity index is 929. The zero-order valence-electron chi connectivity index (χ0n) is 16.8. The first-order valence-electron chi connectivity index (χ1n) is 9.59. The molecular weight excluding hydrogens is 364 g/mol. The topological polar surface area (TPSA) is 66.5 Å². The van der Waals surface area contributed by atoms with E-state index in [0.717, 1.165) is 30.1 Å². The van der Waals surface area contributed by atoms with Crippen molar-refractivity contribution in [1.82, 2.24) is 15.2 Å². The highest BCUT2D eigenvalue weighted by Crippen LogP contribution is 2.31. The van der Waals surface area contributed by atoms with Crippen molar-refractivity contribution in [2.75, 3.05) is 32.5 Å². The minimum absolute atomic E-state index is 0.131. The number of carbonyl (C=O) groups excluding carboxylic acids is 1. The van der Waals surface area contributed by atoms with E-state index >= 15 is 0 Å². The zero-order valence-corrected chi connectivity index (χ0v) is 16.8. The molecule has 0 aliphatic rings. The molecule has 0 atom stereocenters. The summed E-state index contributed by atoms with van der Waals surface area (Å²) in [5.41, 5.74) is 2.03. The molecule has 3 rings (SSSR count). The number of para-hydroxylation sites is 3. The third kappa shape index (κ3) is 6.33. The van der Waals surface area contributed by atoms with E-state index in [1.54, 1.807) is 18.5 Å². The smallest absolute Gasteiger partial charge is 0.252 e. The Hall–Kier alpha value is -3.38. The van der Waals surface area contributed by atoms with Crippen LogP contribution in [0.25, 0.3) is 0 Å². The van der Waals surface area contributed by atoms with Gasteiger partial charge in [-0.2, -0.15) is 0 Å².